The van der Waals surface area contributed by atoms with E-state index in [1.165, 1.54) is 12.1 Å². The van der Waals surface area contributed by atoms with Crippen LogP contribution in [0.2, 0.25) is 0 Å². The molecular weight excluding hydrogens is 193 g/mol. The lowest BCUT2D eigenvalue weighted by atomic mass is 10.1. The highest BCUT2D eigenvalue weighted by atomic mass is 19.1. The standard InChI is InChI=1S/C12H18FNO/c1-10(4-3-7-15)14-9-11-5-2-6-12(13)8-11/h2,5-6,8,10,14-15H,3-4,7,9H2,1H3/t10-/m1/s1. The summed E-state index contributed by atoms with van der Waals surface area (Å²) in [5, 5.41) is 11.9. The lowest BCUT2D eigenvalue weighted by Gasteiger charge is -2.12. The first-order chi connectivity index (χ1) is 7.22. The molecule has 0 aliphatic rings. The van der Waals surface area contributed by atoms with Gasteiger partial charge in [0.15, 0.2) is 0 Å². The van der Waals surface area contributed by atoms with Crippen molar-refractivity contribution in [2.45, 2.75) is 32.4 Å². The van der Waals surface area contributed by atoms with Crippen LogP contribution in [-0.4, -0.2) is 17.8 Å². The summed E-state index contributed by atoms with van der Waals surface area (Å²) in [5.74, 6) is -0.197. The summed E-state index contributed by atoms with van der Waals surface area (Å²) in [6.45, 7) is 2.96. The molecule has 0 unspecified atom stereocenters. The third-order valence-electron chi connectivity index (χ3n) is 2.34. The maximum Gasteiger partial charge on any atom is 0.123 e. The van der Waals surface area contributed by atoms with Crippen molar-refractivity contribution < 1.29 is 9.50 Å². The third-order valence-corrected chi connectivity index (χ3v) is 2.34. The van der Waals surface area contributed by atoms with Gasteiger partial charge in [0.1, 0.15) is 5.82 Å². The van der Waals surface area contributed by atoms with E-state index >= 15 is 0 Å². The van der Waals surface area contributed by atoms with Gasteiger partial charge in [-0.2, -0.15) is 0 Å². The van der Waals surface area contributed by atoms with Crippen LogP contribution in [0.25, 0.3) is 0 Å². The number of hydrogen-bond donors (Lipinski definition) is 2. The molecule has 0 spiro atoms. The van der Waals surface area contributed by atoms with Gasteiger partial charge in [-0.25, -0.2) is 4.39 Å². The third kappa shape index (κ3) is 4.91. The predicted molar refractivity (Wildman–Crippen MR) is 59.0 cm³/mol. The van der Waals surface area contributed by atoms with E-state index in [4.69, 9.17) is 5.11 Å². The first-order valence-corrected chi connectivity index (χ1v) is 5.31. The van der Waals surface area contributed by atoms with Crippen LogP contribution in [0.4, 0.5) is 4.39 Å². The predicted octanol–water partition coefficient (Wildman–Crippen LogP) is 2.08. The Labute approximate surface area is 90.1 Å². The van der Waals surface area contributed by atoms with Crippen molar-refractivity contribution in [2.75, 3.05) is 6.61 Å². The highest BCUT2D eigenvalue weighted by Crippen LogP contribution is 2.04. The van der Waals surface area contributed by atoms with E-state index in [0.29, 0.717) is 12.6 Å². The van der Waals surface area contributed by atoms with Crippen molar-refractivity contribution >= 4 is 0 Å². The zero-order valence-electron chi connectivity index (χ0n) is 9.04. The van der Waals surface area contributed by atoms with Gasteiger partial charge in [0.25, 0.3) is 0 Å². The number of halogens is 1. The quantitative estimate of drug-likeness (QED) is 0.755. The lowest BCUT2D eigenvalue weighted by molar-refractivity contribution is 0.276. The molecule has 0 aliphatic heterocycles. The molecule has 0 aromatic heterocycles. The fourth-order valence-corrected chi connectivity index (χ4v) is 1.44. The summed E-state index contributed by atoms with van der Waals surface area (Å²) in [5.41, 5.74) is 0.950. The Morgan fingerprint density at radius 1 is 1.47 bits per heavy atom. The molecule has 0 saturated heterocycles. The van der Waals surface area contributed by atoms with Crippen LogP contribution >= 0.6 is 0 Å². The summed E-state index contributed by atoms with van der Waals surface area (Å²) in [6, 6.07) is 6.93. The van der Waals surface area contributed by atoms with Gasteiger partial charge in [0, 0.05) is 19.2 Å². The monoisotopic (exact) mass is 211 g/mol. The van der Waals surface area contributed by atoms with E-state index < -0.39 is 0 Å². The Balaban J connectivity index is 2.30. The van der Waals surface area contributed by atoms with Crippen LogP contribution in [0.5, 0.6) is 0 Å². The van der Waals surface area contributed by atoms with E-state index in [1.807, 2.05) is 6.07 Å². The van der Waals surface area contributed by atoms with E-state index in [0.717, 1.165) is 18.4 Å². The SMILES string of the molecule is C[C@H](CCCO)NCc1cccc(F)c1. The maximum atomic E-state index is 12.8. The Bertz CT molecular complexity index is 291. The zero-order valence-corrected chi connectivity index (χ0v) is 9.04. The van der Waals surface area contributed by atoms with Crippen molar-refractivity contribution in [1.29, 1.82) is 0 Å². The second kappa shape index (κ2) is 6.53. The number of aliphatic hydroxyl groups excluding tert-OH is 1. The Morgan fingerprint density at radius 2 is 2.27 bits per heavy atom. The number of rotatable bonds is 6. The van der Waals surface area contributed by atoms with Crippen LogP contribution in [0.15, 0.2) is 24.3 Å². The summed E-state index contributed by atoms with van der Waals surface area (Å²) in [7, 11) is 0. The second-order valence-corrected chi connectivity index (χ2v) is 3.78. The van der Waals surface area contributed by atoms with Crippen molar-refractivity contribution in [3.8, 4) is 0 Å². The van der Waals surface area contributed by atoms with E-state index in [-0.39, 0.29) is 12.4 Å². The molecule has 3 heteroatoms. The fourth-order valence-electron chi connectivity index (χ4n) is 1.44. The minimum atomic E-state index is -0.197. The Kier molecular flexibility index (Phi) is 5.29. The number of benzene rings is 1. The lowest BCUT2D eigenvalue weighted by Crippen LogP contribution is -2.25. The van der Waals surface area contributed by atoms with Crippen LogP contribution < -0.4 is 5.32 Å². The molecule has 1 atom stereocenters. The fraction of sp³-hybridized carbons (Fsp3) is 0.500. The highest BCUT2D eigenvalue weighted by molar-refractivity contribution is 5.15. The maximum absolute atomic E-state index is 12.8. The summed E-state index contributed by atoms with van der Waals surface area (Å²) in [4.78, 5) is 0. The van der Waals surface area contributed by atoms with Gasteiger partial charge in [0.05, 0.1) is 0 Å². The van der Waals surface area contributed by atoms with Crippen molar-refractivity contribution in [1.82, 2.24) is 5.32 Å². The number of nitrogens with one attached hydrogen (secondary N) is 1. The zero-order chi connectivity index (χ0) is 11.1. The molecule has 0 bridgehead atoms. The van der Waals surface area contributed by atoms with Gasteiger partial charge >= 0.3 is 0 Å². The minimum Gasteiger partial charge on any atom is -0.396 e. The smallest absolute Gasteiger partial charge is 0.123 e. The molecule has 0 heterocycles. The van der Waals surface area contributed by atoms with Crippen LogP contribution in [0.3, 0.4) is 0 Å². The van der Waals surface area contributed by atoms with Crippen molar-refractivity contribution in [3.05, 3.63) is 35.6 Å². The molecule has 2 N–H and O–H groups in total. The summed E-state index contributed by atoms with van der Waals surface area (Å²) >= 11 is 0. The topological polar surface area (TPSA) is 32.3 Å². The van der Waals surface area contributed by atoms with E-state index in [1.54, 1.807) is 6.07 Å². The average molecular weight is 211 g/mol. The first kappa shape index (κ1) is 12.1. The molecule has 2 nitrogen and oxygen atoms in total. The average Bonchev–Trinajstić information content (AvgIpc) is 2.23. The summed E-state index contributed by atoms with van der Waals surface area (Å²) in [6.07, 6.45) is 1.74. The molecule has 1 rings (SSSR count). The minimum absolute atomic E-state index is 0.197. The van der Waals surface area contributed by atoms with Gasteiger partial charge < -0.3 is 10.4 Å². The molecule has 0 aliphatic carbocycles. The number of hydrogen-bond acceptors (Lipinski definition) is 2. The van der Waals surface area contributed by atoms with Gasteiger partial charge in [-0.15, -0.1) is 0 Å². The van der Waals surface area contributed by atoms with Crippen LogP contribution in [0, 0.1) is 5.82 Å². The van der Waals surface area contributed by atoms with Gasteiger partial charge in [-0.1, -0.05) is 12.1 Å². The normalized spacial score (nSPS) is 12.7. The highest BCUT2D eigenvalue weighted by Gasteiger charge is 2.01. The number of aliphatic hydroxyl groups is 1. The van der Waals surface area contributed by atoms with Crippen molar-refractivity contribution in [3.63, 3.8) is 0 Å². The molecule has 15 heavy (non-hydrogen) atoms. The molecule has 1 aromatic carbocycles. The van der Waals surface area contributed by atoms with Gasteiger partial charge in [-0.05, 0) is 37.5 Å². The van der Waals surface area contributed by atoms with Gasteiger partial charge in [0.2, 0.25) is 0 Å². The largest absolute Gasteiger partial charge is 0.396 e. The molecule has 0 fully saturated rings. The summed E-state index contributed by atoms with van der Waals surface area (Å²) < 4.78 is 12.8. The second-order valence-electron chi connectivity index (χ2n) is 3.78. The Hall–Kier alpha value is -0.930. The molecule has 84 valence electrons. The van der Waals surface area contributed by atoms with Gasteiger partial charge in [-0.3, -0.25) is 0 Å². The van der Waals surface area contributed by atoms with E-state index in [2.05, 4.69) is 12.2 Å². The van der Waals surface area contributed by atoms with E-state index in [9.17, 15) is 4.39 Å². The first-order valence-electron chi connectivity index (χ1n) is 5.31. The Morgan fingerprint density at radius 3 is 2.93 bits per heavy atom. The van der Waals surface area contributed by atoms with Crippen LogP contribution in [-0.2, 0) is 6.54 Å². The van der Waals surface area contributed by atoms with Crippen LogP contribution in [0.1, 0.15) is 25.3 Å². The van der Waals surface area contributed by atoms with Crippen molar-refractivity contribution in [2.24, 2.45) is 0 Å². The molecule has 0 radical (unpaired) electrons. The molecule has 0 amide bonds. The molecular formula is C12H18FNO. The molecule has 1 aromatic rings. The molecule has 0 saturated carbocycles.